The standard InChI is InChI=1S/C55H86N6O11/c1-10-12-14-15-16-17-18-19-20-21-22-23-24-25-26-27-48(62)60(5)45(37-72-32-13-11-2)53(66)57-38(3)51(64)56-36-49(63)61(6)50-41-29-31-47(70-8)43(35-41)42-33-40(28-30-46(42)69-7)34-44(55(68)71-9)59-52(65)39(4)58-54(50)67/h28-31,33,35,38-39,44-45,50H,10-27,32,34,36-37H2,1-9H3,(H,56,64)(H,57,66)(H,58,67)(H,59,65)/t38-,39+,44+,45-,50+/m1/s1. The van der Waals surface area contributed by atoms with Gasteiger partial charge in [0, 0.05) is 44.7 Å². The van der Waals surface area contributed by atoms with Crippen LogP contribution >= 0.6 is 0 Å². The number of benzene rings is 2. The molecular weight excluding hydrogens is 921 g/mol. The van der Waals surface area contributed by atoms with E-state index in [1.807, 2.05) is 6.92 Å². The molecule has 0 saturated carbocycles. The number of likely N-dealkylation sites (N-methyl/N-ethyl adjacent to an activating group) is 2. The van der Waals surface area contributed by atoms with Crippen molar-refractivity contribution < 1.29 is 52.5 Å². The van der Waals surface area contributed by atoms with Crippen molar-refractivity contribution in [3.05, 3.63) is 47.5 Å². The first-order valence-electron chi connectivity index (χ1n) is 26.3. The van der Waals surface area contributed by atoms with Gasteiger partial charge < -0.3 is 50.0 Å². The number of amides is 6. The molecule has 1 aliphatic rings. The number of unbranched alkanes of at least 4 members (excludes halogenated alkanes) is 15. The summed E-state index contributed by atoms with van der Waals surface area (Å²) in [5.41, 5.74) is 2.08. The average Bonchev–Trinajstić information content (AvgIpc) is 3.37. The first-order chi connectivity index (χ1) is 34.6. The summed E-state index contributed by atoms with van der Waals surface area (Å²) in [6.07, 6.45) is 20.3. The minimum absolute atomic E-state index is 0.0502. The van der Waals surface area contributed by atoms with E-state index in [-0.39, 0.29) is 18.9 Å². The summed E-state index contributed by atoms with van der Waals surface area (Å²) in [4.78, 5) is 97.7. The van der Waals surface area contributed by atoms with Gasteiger partial charge in [-0.25, -0.2) is 4.79 Å². The van der Waals surface area contributed by atoms with E-state index in [0.717, 1.165) is 37.0 Å². The average molecular weight is 1010 g/mol. The quantitative estimate of drug-likeness (QED) is 0.0442. The van der Waals surface area contributed by atoms with Crippen LogP contribution < -0.4 is 30.7 Å². The van der Waals surface area contributed by atoms with Gasteiger partial charge in [-0.1, -0.05) is 122 Å². The van der Waals surface area contributed by atoms with Crippen molar-refractivity contribution in [1.82, 2.24) is 31.1 Å². The van der Waals surface area contributed by atoms with Crippen LogP contribution in [0.3, 0.4) is 0 Å². The molecule has 0 aromatic heterocycles. The smallest absolute Gasteiger partial charge is 0.328 e. The molecule has 2 aromatic carbocycles. The number of nitrogens with one attached hydrogen (secondary N) is 4. The molecule has 402 valence electrons. The molecule has 0 unspecified atom stereocenters. The zero-order chi connectivity index (χ0) is 53.0. The van der Waals surface area contributed by atoms with Crippen molar-refractivity contribution in [3.63, 3.8) is 0 Å². The molecular formula is C55H86N6O11. The SMILES string of the molecule is CCCCCCCCCCCCCCCCCC(=O)N(C)[C@H](COCCCC)C(=O)N[C@H](C)C(=O)NCC(=O)N(C)[C@@H]1C(=O)N[C@@H](C)C(=O)N[C@H](C(=O)OC)Cc2ccc(OC)c(c2)-c2cc1ccc2OC. The van der Waals surface area contributed by atoms with Crippen molar-refractivity contribution in [3.8, 4) is 22.6 Å². The molecule has 0 saturated heterocycles. The Morgan fingerprint density at radius 3 is 1.82 bits per heavy atom. The molecule has 5 atom stereocenters. The largest absolute Gasteiger partial charge is 0.496 e. The summed E-state index contributed by atoms with van der Waals surface area (Å²) in [5.74, 6) is -3.32. The monoisotopic (exact) mass is 1010 g/mol. The minimum atomic E-state index is -1.34. The van der Waals surface area contributed by atoms with Crippen LogP contribution in [0.25, 0.3) is 11.1 Å². The molecule has 0 aliphatic carbocycles. The highest BCUT2D eigenvalue weighted by atomic mass is 16.5. The van der Waals surface area contributed by atoms with Gasteiger partial charge in [0.2, 0.25) is 35.4 Å². The summed E-state index contributed by atoms with van der Waals surface area (Å²) >= 11 is 0. The van der Waals surface area contributed by atoms with Crippen molar-refractivity contribution in [2.24, 2.45) is 0 Å². The van der Waals surface area contributed by atoms with E-state index in [0.29, 0.717) is 53.2 Å². The normalized spacial score (nSPS) is 16.5. The molecule has 1 aliphatic heterocycles. The molecule has 3 rings (SSSR count). The van der Waals surface area contributed by atoms with E-state index < -0.39 is 72.3 Å². The van der Waals surface area contributed by atoms with Crippen molar-refractivity contribution in [2.75, 3.05) is 55.2 Å². The Labute approximate surface area is 428 Å². The van der Waals surface area contributed by atoms with E-state index in [9.17, 15) is 33.6 Å². The van der Waals surface area contributed by atoms with Crippen LogP contribution in [0.4, 0.5) is 0 Å². The molecule has 0 radical (unpaired) electrons. The predicted molar refractivity (Wildman–Crippen MR) is 278 cm³/mol. The lowest BCUT2D eigenvalue weighted by Gasteiger charge is -2.30. The van der Waals surface area contributed by atoms with Crippen LogP contribution in [0.2, 0.25) is 0 Å². The lowest BCUT2D eigenvalue weighted by atomic mass is 9.93. The molecule has 72 heavy (non-hydrogen) atoms. The van der Waals surface area contributed by atoms with Gasteiger partial charge in [-0.2, -0.15) is 0 Å². The van der Waals surface area contributed by atoms with Crippen LogP contribution in [0, 0.1) is 0 Å². The zero-order valence-electron chi connectivity index (χ0n) is 44.8. The molecule has 2 aromatic rings. The van der Waals surface area contributed by atoms with E-state index in [1.54, 1.807) is 43.4 Å². The summed E-state index contributed by atoms with van der Waals surface area (Å²) < 4.78 is 22.2. The lowest BCUT2D eigenvalue weighted by molar-refractivity contribution is -0.145. The molecule has 0 fully saturated rings. The van der Waals surface area contributed by atoms with Crippen LogP contribution in [-0.2, 0) is 49.5 Å². The molecule has 17 heteroatoms. The summed E-state index contributed by atoms with van der Waals surface area (Å²) in [7, 11) is 7.17. The second kappa shape index (κ2) is 33.1. The second-order valence-electron chi connectivity index (χ2n) is 19.0. The maximum absolute atomic E-state index is 14.2. The van der Waals surface area contributed by atoms with Gasteiger partial charge in [0.05, 0.1) is 34.5 Å². The number of ether oxygens (including phenoxy) is 4. The fourth-order valence-corrected chi connectivity index (χ4v) is 8.74. The van der Waals surface area contributed by atoms with Gasteiger partial charge in [-0.05, 0) is 62.1 Å². The molecule has 6 amide bonds. The first kappa shape index (κ1) is 60.6. The Hall–Kier alpha value is -5.71. The number of methoxy groups -OCH3 is 3. The summed E-state index contributed by atoms with van der Waals surface area (Å²) in [6.45, 7) is 6.99. The van der Waals surface area contributed by atoms with Crippen LogP contribution in [-0.4, -0.2) is 131 Å². The van der Waals surface area contributed by atoms with Crippen LogP contribution in [0.1, 0.15) is 160 Å². The fraction of sp³-hybridized carbons (Fsp3) is 0.655. The highest BCUT2D eigenvalue weighted by molar-refractivity contribution is 5.96. The van der Waals surface area contributed by atoms with Gasteiger partial charge in [0.15, 0.2) is 0 Å². The highest BCUT2D eigenvalue weighted by Gasteiger charge is 2.34. The number of carbonyl (C=O) groups is 7. The maximum Gasteiger partial charge on any atom is 0.328 e. The van der Waals surface area contributed by atoms with Gasteiger partial charge >= 0.3 is 5.97 Å². The molecule has 1 heterocycles. The second-order valence-corrected chi connectivity index (χ2v) is 19.0. The first-order valence-corrected chi connectivity index (χ1v) is 26.3. The van der Waals surface area contributed by atoms with Crippen molar-refractivity contribution >= 4 is 41.4 Å². The molecule has 17 nitrogen and oxygen atoms in total. The third-order valence-electron chi connectivity index (χ3n) is 13.4. The van der Waals surface area contributed by atoms with E-state index in [2.05, 4.69) is 28.2 Å². The van der Waals surface area contributed by atoms with Crippen molar-refractivity contribution in [2.45, 2.75) is 180 Å². The molecule has 4 bridgehead atoms. The Kier molecular flexibility index (Phi) is 27.9. The molecule has 4 N–H and O–H groups in total. The van der Waals surface area contributed by atoms with Gasteiger partial charge in [-0.15, -0.1) is 0 Å². The highest BCUT2D eigenvalue weighted by Crippen LogP contribution is 2.39. The Morgan fingerprint density at radius 2 is 1.25 bits per heavy atom. The number of carbonyl (C=O) groups excluding carboxylic acids is 7. The number of esters is 1. The van der Waals surface area contributed by atoms with Gasteiger partial charge in [0.25, 0.3) is 0 Å². The third-order valence-corrected chi connectivity index (χ3v) is 13.4. The topological polar surface area (TPSA) is 211 Å². The number of rotatable bonds is 31. The number of hydrogen-bond donors (Lipinski definition) is 4. The maximum atomic E-state index is 14.2. The van der Waals surface area contributed by atoms with E-state index in [4.69, 9.17) is 18.9 Å². The van der Waals surface area contributed by atoms with E-state index >= 15 is 0 Å². The Bertz CT molecular complexity index is 2050. The van der Waals surface area contributed by atoms with Crippen LogP contribution in [0.5, 0.6) is 11.5 Å². The predicted octanol–water partition coefficient (Wildman–Crippen LogP) is 7.12. The summed E-state index contributed by atoms with van der Waals surface area (Å²) in [6, 6.07) is 4.52. The number of hydrogen-bond acceptors (Lipinski definition) is 11. The van der Waals surface area contributed by atoms with Gasteiger partial charge in [0.1, 0.15) is 41.7 Å². The number of fused-ring (bicyclic) bond motifs is 5. The zero-order valence-corrected chi connectivity index (χ0v) is 44.8. The number of nitrogens with zero attached hydrogens (tertiary/aromatic N) is 2. The summed E-state index contributed by atoms with van der Waals surface area (Å²) in [5, 5.41) is 10.6. The minimum Gasteiger partial charge on any atom is -0.496 e. The Morgan fingerprint density at radius 1 is 0.694 bits per heavy atom. The third kappa shape index (κ3) is 19.7. The Balaban J connectivity index is 1.67. The lowest BCUT2D eigenvalue weighted by Crippen LogP contribution is -2.55. The molecule has 0 spiro atoms. The van der Waals surface area contributed by atoms with Gasteiger partial charge in [-0.3, -0.25) is 28.8 Å². The fourth-order valence-electron chi connectivity index (χ4n) is 8.74. The van der Waals surface area contributed by atoms with E-state index in [1.165, 1.54) is 118 Å². The van der Waals surface area contributed by atoms with Crippen molar-refractivity contribution in [1.29, 1.82) is 0 Å². The van der Waals surface area contributed by atoms with Crippen LogP contribution in [0.15, 0.2) is 36.4 Å².